The molecule has 0 fully saturated rings. The fourth-order valence-electron chi connectivity index (χ4n) is 1.37. The first-order valence-electron chi connectivity index (χ1n) is 5.10. The SMILES string of the molecule is COC(=O)C(N)Cc1ccc(Cl)c(OC(F)(F)F)c1. The Morgan fingerprint density at radius 3 is 2.63 bits per heavy atom. The van der Waals surface area contributed by atoms with Crippen LogP contribution in [-0.2, 0) is 16.0 Å². The predicted molar refractivity (Wildman–Crippen MR) is 61.8 cm³/mol. The third kappa shape index (κ3) is 4.96. The zero-order chi connectivity index (χ0) is 14.6. The Hall–Kier alpha value is -1.47. The number of rotatable bonds is 4. The molecule has 1 rings (SSSR count). The third-order valence-corrected chi connectivity index (χ3v) is 2.49. The van der Waals surface area contributed by atoms with E-state index < -0.39 is 24.1 Å². The van der Waals surface area contributed by atoms with Crippen molar-refractivity contribution in [2.24, 2.45) is 5.73 Å². The quantitative estimate of drug-likeness (QED) is 0.866. The Balaban J connectivity index is 2.87. The molecule has 0 saturated heterocycles. The summed E-state index contributed by atoms with van der Waals surface area (Å²) >= 11 is 5.58. The van der Waals surface area contributed by atoms with E-state index in [4.69, 9.17) is 17.3 Å². The van der Waals surface area contributed by atoms with Crippen LogP contribution in [0.5, 0.6) is 5.75 Å². The van der Waals surface area contributed by atoms with Crippen molar-refractivity contribution in [3.8, 4) is 5.75 Å². The molecule has 2 N–H and O–H groups in total. The summed E-state index contributed by atoms with van der Waals surface area (Å²) in [6.07, 6.45) is -4.83. The van der Waals surface area contributed by atoms with Crippen molar-refractivity contribution < 1.29 is 27.4 Å². The third-order valence-electron chi connectivity index (χ3n) is 2.18. The van der Waals surface area contributed by atoms with Crippen LogP contribution in [0.3, 0.4) is 0 Å². The van der Waals surface area contributed by atoms with Gasteiger partial charge in [-0.3, -0.25) is 4.79 Å². The number of carbonyl (C=O) groups excluding carboxylic acids is 1. The average Bonchev–Trinajstić information content (AvgIpc) is 2.30. The van der Waals surface area contributed by atoms with Gasteiger partial charge in [0.1, 0.15) is 11.8 Å². The number of hydrogen-bond donors (Lipinski definition) is 1. The van der Waals surface area contributed by atoms with Crippen LogP contribution in [0.25, 0.3) is 0 Å². The van der Waals surface area contributed by atoms with Gasteiger partial charge in [-0.2, -0.15) is 0 Å². The minimum Gasteiger partial charge on any atom is -0.468 e. The molecule has 0 aromatic heterocycles. The molecule has 0 saturated carbocycles. The second kappa shape index (κ2) is 6.12. The summed E-state index contributed by atoms with van der Waals surface area (Å²) < 4.78 is 44.5. The Morgan fingerprint density at radius 1 is 1.47 bits per heavy atom. The van der Waals surface area contributed by atoms with E-state index in [2.05, 4.69) is 9.47 Å². The summed E-state index contributed by atoms with van der Waals surface area (Å²) in [5, 5.41) is -0.187. The van der Waals surface area contributed by atoms with Crippen LogP contribution in [0, 0.1) is 0 Å². The van der Waals surface area contributed by atoms with Crippen LogP contribution < -0.4 is 10.5 Å². The summed E-state index contributed by atoms with van der Waals surface area (Å²) in [5.41, 5.74) is 5.88. The molecule has 0 amide bonds. The van der Waals surface area contributed by atoms with E-state index in [9.17, 15) is 18.0 Å². The fourth-order valence-corrected chi connectivity index (χ4v) is 1.52. The zero-order valence-corrected chi connectivity index (χ0v) is 10.6. The van der Waals surface area contributed by atoms with Crippen molar-refractivity contribution in [1.29, 1.82) is 0 Å². The van der Waals surface area contributed by atoms with Gasteiger partial charge in [0, 0.05) is 0 Å². The number of benzene rings is 1. The van der Waals surface area contributed by atoms with Crippen LogP contribution in [-0.4, -0.2) is 25.5 Å². The number of nitrogens with two attached hydrogens (primary N) is 1. The van der Waals surface area contributed by atoms with Gasteiger partial charge in [0.05, 0.1) is 12.1 Å². The summed E-state index contributed by atoms with van der Waals surface area (Å²) in [7, 11) is 1.17. The fraction of sp³-hybridized carbons (Fsp3) is 0.364. The van der Waals surface area contributed by atoms with E-state index in [0.29, 0.717) is 5.56 Å². The Bertz CT molecular complexity index is 465. The zero-order valence-electron chi connectivity index (χ0n) is 9.83. The molecule has 0 aliphatic carbocycles. The van der Waals surface area contributed by atoms with Crippen molar-refractivity contribution in [3.63, 3.8) is 0 Å². The van der Waals surface area contributed by atoms with Gasteiger partial charge >= 0.3 is 12.3 Å². The topological polar surface area (TPSA) is 61.5 Å². The molecule has 1 aromatic rings. The maximum atomic E-state index is 12.1. The van der Waals surface area contributed by atoms with E-state index in [1.54, 1.807) is 0 Å². The molecule has 0 spiro atoms. The van der Waals surface area contributed by atoms with Gasteiger partial charge in [-0.1, -0.05) is 17.7 Å². The van der Waals surface area contributed by atoms with Crippen molar-refractivity contribution in [2.45, 2.75) is 18.8 Å². The lowest BCUT2D eigenvalue weighted by atomic mass is 10.1. The van der Waals surface area contributed by atoms with Crippen molar-refractivity contribution in [3.05, 3.63) is 28.8 Å². The van der Waals surface area contributed by atoms with Crippen LogP contribution in [0.4, 0.5) is 13.2 Å². The lowest BCUT2D eigenvalue weighted by Gasteiger charge is -2.13. The van der Waals surface area contributed by atoms with Gasteiger partial charge in [-0.05, 0) is 24.1 Å². The highest BCUT2D eigenvalue weighted by Crippen LogP contribution is 2.31. The smallest absolute Gasteiger partial charge is 0.468 e. The van der Waals surface area contributed by atoms with Gasteiger partial charge < -0.3 is 15.2 Å². The second-order valence-corrected chi connectivity index (χ2v) is 4.05. The number of esters is 1. The molecule has 0 bridgehead atoms. The maximum absolute atomic E-state index is 12.1. The Kier molecular flexibility index (Phi) is 5.02. The van der Waals surface area contributed by atoms with E-state index in [0.717, 1.165) is 6.07 Å². The highest BCUT2D eigenvalue weighted by atomic mass is 35.5. The van der Waals surface area contributed by atoms with Gasteiger partial charge in [-0.15, -0.1) is 13.2 Å². The molecule has 0 aliphatic rings. The minimum absolute atomic E-state index is 0.0120. The van der Waals surface area contributed by atoms with E-state index in [1.807, 2.05) is 0 Å². The molecular weight excluding hydrogens is 287 g/mol. The van der Waals surface area contributed by atoms with Crippen LogP contribution in [0.15, 0.2) is 18.2 Å². The summed E-state index contributed by atoms with van der Waals surface area (Å²) in [4.78, 5) is 11.1. The minimum atomic E-state index is -4.84. The summed E-state index contributed by atoms with van der Waals surface area (Å²) in [5.74, 6) is -1.20. The van der Waals surface area contributed by atoms with E-state index >= 15 is 0 Å². The monoisotopic (exact) mass is 297 g/mol. The normalized spacial score (nSPS) is 12.9. The lowest BCUT2D eigenvalue weighted by molar-refractivity contribution is -0.274. The molecule has 8 heteroatoms. The number of halogens is 4. The van der Waals surface area contributed by atoms with E-state index in [-0.39, 0.29) is 11.4 Å². The Labute approximate surface area is 112 Å². The average molecular weight is 298 g/mol. The first kappa shape index (κ1) is 15.6. The largest absolute Gasteiger partial charge is 0.573 e. The standard InChI is InChI=1S/C11H11ClF3NO3/c1-18-10(17)8(16)4-6-2-3-7(12)9(5-6)19-11(13,14)15/h2-3,5,8H,4,16H2,1H3. The summed E-state index contributed by atoms with van der Waals surface area (Å²) in [6, 6.07) is 2.81. The van der Waals surface area contributed by atoms with Crippen molar-refractivity contribution >= 4 is 17.6 Å². The number of alkyl halides is 3. The molecule has 1 atom stereocenters. The van der Waals surface area contributed by atoms with Gasteiger partial charge in [0.2, 0.25) is 0 Å². The van der Waals surface area contributed by atoms with Crippen LogP contribution in [0.2, 0.25) is 5.02 Å². The first-order chi connectivity index (χ1) is 8.73. The highest BCUT2D eigenvalue weighted by molar-refractivity contribution is 6.32. The van der Waals surface area contributed by atoms with Crippen LogP contribution >= 0.6 is 11.6 Å². The molecule has 106 valence electrons. The van der Waals surface area contributed by atoms with Gasteiger partial charge in [-0.25, -0.2) is 0 Å². The molecule has 0 heterocycles. The number of ether oxygens (including phenoxy) is 2. The number of methoxy groups -OCH3 is 1. The lowest BCUT2D eigenvalue weighted by Crippen LogP contribution is -2.33. The second-order valence-electron chi connectivity index (χ2n) is 3.65. The molecule has 0 aliphatic heterocycles. The van der Waals surface area contributed by atoms with Crippen LogP contribution in [0.1, 0.15) is 5.56 Å². The predicted octanol–water partition coefficient (Wildman–Crippen LogP) is 2.28. The first-order valence-corrected chi connectivity index (χ1v) is 5.48. The summed E-state index contributed by atoms with van der Waals surface area (Å²) in [6.45, 7) is 0. The maximum Gasteiger partial charge on any atom is 0.573 e. The van der Waals surface area contributed by atoms with Crippen molar-refractivity contribution in [1.82, 2.24) is 0 Å². The molecule has 4 nitrogen and oxygen atoms in total. The number of hydrogen-bond acceptors (Lipinski definition) is 4. The highest BCUT2D eigenvalue weighted by Gasteiger charge is 2.32. The van der Waals surface area contributed by atoms with Gasteiger partial charge in [0.25, 0.3) is 0 Å². The molecular formula is C11H11ClF3NO3. The Morgan fingerprint density at radius 2 is 2.11 bits per heavy atom. The molecule has 1 unspecified atom stereocenters. The van der Waals surface area contributed by atoms with E-state index in [1.165, 1.54) is 19.2 Å². The van der Waals surface area contributed by atoms with Crippen molar-refractivity contribution in [2.75, 3.05) is 7.11 Å². The molecule has 19 heavy (non-hydrogen) atoms. The number of carbonyl (C=O) groups is 1. The molecule has 0 radical (unpaired) electrons. The van der Waals surface area contributed by atoms with Gasteiger partial charge in [0.15, 0.2) is 0 Å². The molecule has 1 aromatic carbocycles.